The van der Waals surface area contributed by atoms with E-state index < -0.39 is 22.3 Å². The van der Waals surface area contributed by atoms with Crippen molar-refractivity contribution >= 4 is 55.2 Å². The summed E-state index contributed by atoms with van der Waals surface area (Å²) in [6.07, 6.45) is 1.46. The minimum Gasteiger partial charge on any atom is -0.368 e. The molecule has 10 radical (unpaired) electrons. The van der Waals surface area contributed by atoms with E-state index in [0.717, 1.165) is 0 Å². The molecule has 1 unspecified atom stereocenters. The Kier molecular flexibility index (Phi) is 4.44. The molecule has 0 aliphatic carbocycles. The fourth-order valence-corrected chi connectivity index (χ4v) is 2.45. The number of aliphatic hydroxyl groups is 3. The normalized spacial score (nSPS) is 30.0. The maximum Gasteiger partial charge on any atom is 0.270 e. The van der Waals surface area contributed by atoms with Crippen LogP contribution in [0.5, 0.6) is 0 Å². The maximum absolute atomic E-state index is 10.1. The Bertz CT molecular complexity index is 560. The van der Waals surface area contributed by atoms with Crippen molar-refractivity contribution in [2.75, 3.05) is 0 Å². The van der Waals surface area contributed by atoms with E-state index in [1.165, 1.54) is 6.20 Å². The second kappa shape index (κ2) is 5.39. The number of pyridine rings is 1. The van der Waals surface area contributed by atoms with E-state index in [0.29, 0.717) is 15.1 Å². The highest BCUT2D eigenvalue weighted by molar-refractivity contribution is 9.10. The topological polar surface area (TPSA) is 86.0 Å². The molecule has 2 rings (SSSR count). The molecule has 12 heteroatoms. The number of aromatic nitrogens is 1. The Labute approximate surface area is 142 Å². The average molecular weight is 354 g/mol. The van der Waals surface area contributed by atoms with Crippen molar-refractivity contribution in [2.45, 2.75) is 28.9 Å². The molecule has 1 atom stereocenters. The predicted octanol–water partition coefficient (Wildman–Crippen LogP) is -2.89. The van der Waals surface area contributed by atoms with Gasteiger partial charge in [-0.05, 0) is 44.4 Å². The Morgan fingerprint density at radius 3 is 2.32 bits per heavy atom. The van der Waals surface area contributed by atoms with Crippen LogP contribution >= 0.6 is 15.9 Å². The van der Waals surface area contributed by atoms with E-state index in [-0.39, 0.29) is 6.54 Å². The van der Waals surface area contributed by atoms with Gasteiger partial charge in [-0.25, -0.2) is 4.98 Å². The lowest BCUT2D eigenvalue weighted by atomic mass is 9.38. The lowest BCUT2D eigenvalue weighted by Gasteiger charge is -2.64. The molecule has 1 saturated heterocycles. The summed E-state index contributed by atoms with van der Waals surface area (Å²) in [4.78, 5) is 4.54. The van der Waals surface area contributed by atoms with Crippen LogP contribution < -0.4 is 0 Å². The molecule has 1 aromatic rings. The van der Waals surface area contributed by atoms with Gasteiger partial charge in [0.05, 0.1) is 31.4 Å². The Morgan fingerprint density at radius 2 is 1.77 bits per heavy atom. The summed E-state index contributed by atoms with van der Waals surface area (Å²) in [7, 11) is 28.1. The van der Waals surface area contributed by atoms with Crippen LogP contribution in [-0.4, -0.2) is 86.8 Å². The van der Waals surface area contributed by atoms with Crippen molar-refractivity contribution < 1.29 is 20.1 Å². The van der Waals surface area contributed by atoms with Crippen LogP contribution in [0.25, 0.3) is 0 Å². The molecule has 0 saturated carbocycles. The highest BCUT2D eigenvalue weighted by Gasteiger charge is 2.63. The molecule has 3 N–H and O–H groups in total. The molecule has 0 amide bonds. The number of halogens is 1. The molecule has 0 spiro atoms. The molecule has 22 heavy (non-hydrogen) atoms. The van der Waals surface area contributed by atoms with Crippen LogP contribution in [-0.2, 0) is 11.3 Å². The summed E-state index contributed by atoms with van der Waals surface area (Å²) in [5.41, 5.74) is -2.54. The first-order valence-corrected chi connectivity index (χ1v) is 6.80. The summed E-state index contributed by atoms with van der Waals surface area (Å²) in [5.74, 6) is -3.17. The van der Waals surface area contributed by atoms with Crippen molar-refractivity contribution in [3.05, 3.63) is 28.5 Å². The van der Waals surface area contributed by atoms with Gasteiger partial charge >= 0.3 is 0 Å². The fraction of sp³-hybridized carbons (Fsp3) is 0.500. The highest BCUT2D eigenvalue weighted by Crippen LogP contribution is 2.41. The Balaban J connectivity index is 2.48. The number of nitrogens with zero attached hydrogens (tertiary/aromatic N) is 2. The smallest absolute Gasteiger partial charge is 0.270 e. The van der Waals surface area contributed by atoms with Crippen LogP contribution in [0.3, 0.4) is 0 Å². The van der Waals surface area contributed by atoms with Crippen molar-refractivity contribution in [3.63, 3.8) is 0 Å². The molecule has 1 aromatic heterocycles. The van der Waals surface area contributed by atoms with Crippen LogP contribution in [0.4, 0.5) is 0 Å². The van der Waals surface area contributed by atoms with E-state index in [1.54, 1.807) is 12.1 Å². The van der Waals surface area contributed by atoms with Gasteiger partial charge in [-0.1, -0.05) is 0 Å². The summed E-state index contributed by atoms with van der Waals surface area (Å²) >= 11 is 3.16. The van der Waals surface area contributed by atoms with Crippen LogP contribution in [0.2, 0.25) is 0 Å². The van der Waals surface area contributed by atoms with Gasteiger partial charge in [-0.2, -0.15) is 0 Å². The average Bonchev–Trinajstić information content (AvgIpc) is 2.32. The van der Waals surface area contributed by atoms with Crippen molar-refractivity contribution in [1.82, 2.24) is 9.88 Å². The van der Waals surface area contributed by atoms with Gasteiger partial charge in [-0.3, -0.25) is 4.90 Å². The monoisotopic (exact) mass is 354 g/mol. The Morgan fingerprint density at radius 1 is 1.18 bits per heavy atom. The number of hydrogen-bond acceptors (Lipinski definition) is 6. The molecule has 1 aliphatic rings. The standard InChI is InChI=1S/C10H8B5BrN2O4/c11-7(12)8(13,14)22-9(15,19)10(20,21)18(7)4-5-1-2-17-6(16)3-5/h1-3,19-21H,4H2. The molecule has 1 fully saturated rings. The lowest BCUT2D eigenvalue weighted by molar-refractivity contribution is -0.434. The van der Waals surface area contributed by atoms with Crippen LogP contribution in [0.1, 0.15) is 5.56 Å². The molecule has 6 nitrogen and oxygen atoms in total. The van der Waals surface area contributed by atoms with E-state index in [9.17, 15) is 15.3 Å². The SMILES string of the molecule is [B]C1([B])OC([B])(O)C(O)(O)N(Cc2ccnc(Br)c2)C1([B])[B]. The van der Waals surface area contributed by atoms with Gasteiger partial charge in [0.1, 0.15) is 4.60 Å². The maximum atomic E-state index is 10.1. The van der Waals surface area contributed by atoms with Crippen molar-refractivity contribution in [1.29, 1.82) is 0 Å². The summed E-state index contributed by atoms with van der Waals surface area (Å²) in [5, 5.41) is 25.5. The second-order valence-corrected chi connectivity index (χ2v) is 5.94. The number of hydrogen-bond donors (Lipinski definition) is 3. The first-order chi connectivity index (χ1) is 9.81. The number of morpholine rings is 1. The zero-order valence-electron chi connectivity index (χ0n) is 11.3. The van der Waals surface area contributed by atoms with Gasteiger partial charge in [0, 0.05) is 12.7 Å². The number of rotatable bonds is 2. The van der Waals surface area contributed by atoms with Crippen molar-refractivity contribution in [2.24, 2.45) is 0 Å². The first kappa shape index (κ1) is 18.1. The summed E-state index contributed by atoms with van der Waals surface area (Å²) in [6, 6.07) is 3.11. The van der Waals surface area contributed by atoms with Crippen molar-refractivity contribution in [3.8, 4) is 0 Å². The lowest BCUT2D eigenvalue weighted by Crippen LogP contribution is -2.84. The van der Waals surface area contributed by atoms with E-state index in [1.807, 2.05) is 0 Å². The zero-order valence-corrected chi connectivity index (χ0v) is 12.9. The quantitative estimate of drug-likeness (QED) is 0.300. The van der Waals surface area contributed by atoms with Gasteiger partial charge < -0.3 is 20.1 Å². The molecule has 104 valence electrons. The second-order valence-electron chi connectivity index (χ2n) is 5.13. The highest BCUT2D eigenvalue weighted by atomic mass is 79.9. The predicted molar refractivity (Wildman–Crippen MR) is 84.9 cm³/mol. The first-order valence-electron chi connectivity index (χ1n) is 6.01. The van der Waals surface area contributed by atoms with E-state index in [4.69, 9.17) is 39.2 Å². The third-order valence-electron chi connectivity index (χ3n) is 3.39. The molecule has 1 aliphatic heterocycles. The van der Waals surface area contributed by atoms with Gasteiger partial charge in [0.15, 0.2) is 13.5 Å². The molecule has 2 heterocycles. The van der Waals surface area contributed by atoms with Gasteiger partial charge in [-0.15, -0.1) is 0 Å². The summed E-state index contributed by atoms with van der Waals surface area (Å²) < 4.78 is 5.14. The molecular weight excluding hydrogens is 346 g/mol. The van der Waals surface area contributed by atoms with Crippen LogP contribution in [0.15, 0.2) is 22.9 Å². The fourth-order valence-electron chi connectivity index (χ4n) is 2.03. The number of ether oxygens (including phenoxy) is 1. The summed E-state index contributed by atoms with van der Waals surface area (Å²) in [6.45, 7) is -0.278. The molecule has 0 aromatic carbocycles. The van der Waals surface area contributed by atoms with Gasteiger partial charge in [0.25, 0.3) is 5.91 Å². The van der Waals surface area contributed by atoms with E-state index >= 15 is 0 Å². The Hall–Kier alpha value is -0.245. The third-order valence-corrected chi connectivity index (χ3v) is 3.82. The molecular formula is C10H8B5BrN2O4. The third kappa shape index (κ3) is 2.81. The molecule has 0 bridgehead atoms. The van der Waals surface area contributed by atoms with E-state index in [2.05, 4.69) is 25.7 Å². The zero-order chi connectivity index (χ0) is 17.0. The largest absolute Gasteiger partial charge is 0.368 e. The van der Waals surface area contributed by atoms with Crippen LogP contribution in [0, 0.1) is 0 Å². The van der Waals surface area contributed by atoms with Gasteiger partial charge in [0.2, 0.25) is 0 Å². The minimum absolute atomic E-state index is 0.278. The minimum atomic E-state index is -3.17.